The first-order valence-electron chi connectivity index (χ1n) is 12.3. The zero-order valence-corrected chi connectivity index (χ0v) is 18.7. The van der Waals surface area contributed by atoms with Gasteiger partial charge in [-0.25, -0.2) is 4.98 Å². The van der Waals surface area contributed by atoms with Crippen molar-refractivity contribution in [2.45, 2.75) is 50.6 Å². The van der Waals surface area contributed by atoms with Gasteiger partial charge in [-0.1, -0.05) is 24.3 Å². The van der Waals surface area contributed by atoms with Gasteiger partial charge >= 0.3 is 0 Å². The van der Waals surface area contributed by atoms with Gasteiger partial charge in [0.2, 0.25) is 5.91 Å². The van der Waals surface area contributed by atoms with Crippen LogP contribution in [0.4, 0.5) is 0 Å². The summed E-state index contributed by atoms with van der Waals surface area (Å²) in [6, 6.07) is 12.8. The van der Waals surface area contributed by atoms with E-state index in [-0.39, 0.29) is 5.91 Å². The molecule has 1 aromatic heterocycles. The van der Waals surface area contributed by atoms with Crippen molar-refractivity contribution < 1.29 is 9.59 Å². The highest BCUT2D eigenvalue weighted by Crippen LogP contribution is 2.39. The van der Waals surface area contributed by atoms with Gasteiger partial charge < -0.3 is 9.80 Å². The summed E-state index contributed by atoms with van der Waals surface area (Å²) < 4.78 is 0. The molecule has 0 radical (unpaired) electrons. The number of rotatable bonds is 2. The molecule has 0 N–H and O–H groups in total. The second kappa shape index (κ2) is 8.14. The molecule has 0 unspecified atom stereocenters. The number of carbonyl (C=O) groups is 2. The SMILES string of the molecule is O=C(c1ccc2ccccc2n1)N1CCC(N2C[C@H]3C[C@H](C2)[C@H]2CCCC(=O)N2C3)CC1. The number of hydrogen-bond donors (Lipinski definition) is 0. The van der Waals surface area contributed by atoms with Crippen molar-refractivity contribution in [1.82, 2.24) is 19.7 Å². The van der Waals surface area contributed by atoms with Gasteiger partial charge in [0.15, 0.2) is 0 Å². The summed E-state index contributed by atoms with van der Waals surface area (Å²) in [5.74, 6) is 1.70. The van der Waals surface area contributed by atoms with E-state index >= 15 is 0 Å². The van der Waals surface area contributed by atoms with Crippen LogP contribution in [-0.4, -0.2) is 76.3 Å². The average molecular weight is 433 g/mol. The smallest absolute Gasteiger partial charge is 0.272 e. The number of carbonyl (C=O) groups excluding carboxylic acids is 2. The number of amides is 2. The molecule has 6 rings (SSSR count). The minimum absolute atomic E-state index is 0.0566. The van der Waals surface area contributed by atoms with Crippen molar-refractivity contribution in [2.24, 2.45) is 11.8 Å². The van der Waals surface area contributed by atoms with Crippen LogP contribution in [0.5, 0.6) is 0 Å². The van der Waals surface area contributed by atoms with Crippen LogP contribution in [0.15, 0.2) is 36.4 Å². The molecule has 6 heteroatoms. The normalized spacial score (nSPS) is 29.2. The van der Waals surface area contributed by atoms with Crippen molar-refractivity contribution in [3.05, 3.63) is 42.1 Å². The van der Waals surface area contributed by atoms with Gasteiger partial charge in [0.25, 0.3) is 5.91 Å². The van der Waals surface area contributed by atoms with Crippen molar-refractivity contribution in [2.75, 3.05) is 32.7 Å². The highest BCUT2D eigenvalue weighted by atomic mass is 16.2. The predicted molar refractivity (Wildman–Crippen MR) is 123 cm³/mol. The Balaban J connectivity index is 1.09. The first kappa shape index (κ1) is 20.2. The molecule has 168 valence electrons. The Bertz CT molecular complexity index is 1030. The minimum Gasteiger partial charge on any atom is -0.339 e. The van der Waals surface area contributed by atoms with E-state index < -0.39 is 0 Å². The molecule has 1 aromatic carbocycles. The topological polar surface area (TPSA) is 56.8 Å². The largest absolute Gasteiger partial charge is 0.339 e. The zero-order chi connectivity index (χ0) is 21.7. The number of hydrogen-bond acceptors (Lipinski definition) is 4. The zero-order valence-electron chi connectivity index (χ0n) is 18.7. The number of pyridine rings is 1. The van der Waals surface area contributed by atoms with Crippen molar-refractivity contribution >= 4 is 22.7 Å². The van der Waals surface area contributed by atoms with Gasteiger partial charge in [-0.2, -0.15) is 0 Å². The van der Waals surface area contributed by atoms with E-state index in [1.54, 1.807) is 0 Å². The maximum absolute atomic E-state index is 13.1. The lowest BCUT2D eigenvalue weighted by molar-refractivity contribution is -0.145. The summed E-state index contributed by atoms with van der Waals surface area (Å²) in [6.07, 6.45) is 6.35. The molecule has 4 saturated heterocycles. The van der Waals surface area contributed by atoms with Crippen molar-refractivity contribution in [3.8, 4) is 0 Å². The number of nitrogens with zero attached hydrogens (tertiary/aromatic N) is 4. The Morgan fingerprint density at radius 2 is 1.81 bits per heavy atom. The molecule has 4 fully saturated rings. The first-order chi connectivity index (χ1) is 15.7. The maximum Gasteiger partial charge on any atom is 0.272 e. The summed E-state index contributed by atoms with van der Waals surface area (Å²) in [6.45, 7) is 4.80. The highest BCUT2D eigenvalue weighted by molar-refractivity contribution is 5.95. The molecule has 6 nitrogen and oxygen atoms in total. The van der Waals surface area contributed by atoms with E-state index in [0.717, 1.165) is 69.3 Å². The number of piperidine rings is 4. The summed E-state index contributed by atoms with van der Waals surface area (Å²) in [7, 11) is 0. The Hall–Kier alpha value is -2.47. The average Bonchev–Trinajstić information content (AvgIpc) is 2.84. The fourth-order valence-corrected chi connectivity index (χ4v) is 6.73. The maximum atomic E-state index is 13.1. The number of para-hydroxylation sites is 1. The van der Waals surface area contributed by atoms with Gasteiger partial charge in [-0.15, -0.1) is 0 Å². The quantitative estimate of drug-likeness (QED) is 0.732. The second-order valence-electron chi connectivity index (χ2n) is 10.2. The Morgan fingerprint density at radius 3 is 2.69 bits per heavy atom. The van der Waals surface area contributed by atoms with Crippen LogP contribution in [0.2, 0.25) is 0 Å². The van der Waals surface area contributed by atoms with Crippen LogP contribution in [-0.2, 0) is 4.79 Å². The Kier molecular flexibility index (Phi) is 5.13. The molecule has 0 aliphatic carbocycles. The molecule has 32 heavy (non-hydrogen) atoms. The number of aromatic nitrogens is 1. The minimum atomic E-state index is 0.0566. The third-order valence-electron chi connectivity index (χ3n) is 8.29. The molecule has 3 atom stereocenters. The van der Waals surface area contributed by atoms with Gasteiger partial charge in [-0.05, 0) is 56.1 Å². The standard InChI is InChI=1S/C26H32N4O2/c31-25-7-3-6-24-20-14-18(16-30(24)25)15-29(17-20)21-10-12-28(13-11-21)26(32)23-9-8-19-4-1-2-5-22(19)27-23/h1-2,4-5,8-9,18,20-21,24H,3,6-7,10-17H2/t18-,20-,24-/m1/s1. The monoisotopic (exact) mass is 432 g/mol. The van der Waals surface area contributed by atoms with Crippen LogP contribution >= 0.6 is 0 Å². The summed E-state index contributed by atoms with van der Waals surface area (Å²) >= 11 is 0. The van der Waals surface area contributed by atoms with Gasteiger partial charge in [0.05, 0.1) is 5.52 Å². The molecular weight excluding hydrogens is 400 g/mol. The lowest BCUT2D eigenvalue weighted by atomic mass is 9.75. The van der Waals surface area contributed by atoms with Crippen molar-refractivity contribution in [1.29, 1.82) is 0 Å². The Morgan fingerprint density at radius 1 is 0.969 bits per heavy atom. The van der Waals surface area contributed by atoms with Crippen molar-refractivity contribution in [3.63, 3.8) is 0 Å². The number of fused-ring (bicyclic) bond motifs is 5. The van der Waals surface area contributed by atoms with Crippen LogP contribution in [0.3, 0.4) is 0 Å². The van der Waals surface area contributed by atoms with E-state index in [0.29, 0.717) is 35.5 Å². The molecule has 4 aliphatic heterocycles. The fraction of sp³-hybridized carbons (Fsp3) is 0.577. The lowest BCUT2D eigenvalue weighted by Crippen LogP contribution is -2.62. The van der Waals surface area contributed by atoms with Crippen LogP contribution < -0.4 is 0 Å². The van der Waals surface area contributed by atoms with E-state index in [4.69, 9.17) is 0 Å². The molecule has 2 aromatic rings. The number of benzene rings is 1. The van der Waals surface area contributed by atoms with E-state index in [9.17, 15) is 9.59 Å². The molecule has 2 bridgehead atoms. The molecule has 4 aliphatic rings. The van der Waals surface area contributed by atoms with Crippen LogP contribution in [0.25, 0.3) is 10.9 Å². The molecule has 2 amide bonds. The first-order valence-corrected chi connectivity index (χ1v) is 12.3. The van der Waals surface area contributed by atoms with E-state index in [1.807, 2.05) is 41.3 Å². The number of likely N-dealkylation sites (tertiary alicyclic amines) is 2. The van der Waals surface area contributed by atoms with Crippen LogP contribution in [0, 0.1) is 11.8 Å². The third-order valence-corrected chi connectivity index (χ3v) is 8.29. The summed E-state index contributed by atoms with van der Waals surface area (Å²) in [4.78, 5) is 37.0. The Labute approximate surface area is 189 Å². The molecule has 0 saturated carbocycles. The summed E-state index contributed by atoms with van der Waals surface area (Å²) in [5.41, 5.74) is 1.43. The lowest BCUT2D eigenvalue weighted by Gasteiger charge is -2.54. The van der Waals surface area contributed by atoms with Gasteiger partial charge in [0.1, 0.15) is 5.69 Å². The fourth-order valence-electron chi connectivity index (χ4n) is 6.73. The van der Waals surface area contributed by atoms with E-state index in [1.165, 1.54) is 12.8 Å². The molecule has 0 spiro atoms. The second-order valence-corrected chi connectivity index (χ2v) is 10.2. The van der Waals surface area contributed by atoms with Gasteiger partial charge in [0, 0.05) is 56.6 Å². The third kappa shape index (κ3) is 3.58. The predicted octanol–water partition coefficient (Wildman–Crippen LogP) is 3.17. The van der Waals surface area contributed by atoms with Crippen LogP contribution in [0.1, 0.15) is 49.0 Å². The molecule has 5 heterocycles. The van der Waals surface area contributed by atoms with Gasteiger partial charge in [-0.3, -0.25) is 14.5 Å². The molecular formula is C26H32N4O2. The van der Waals surface area contributed by atoms with E-state index in [2.05, 4.69) is 14.8 Å². The summed E-state index contributed by atoms with van der Waals surface area (Å²) in [5, 5.41) is 1.07. The highest BCUT2D eigenvalue weighted by Gasteiger charge is 2.45.